The normalized spacial score (nSPS) is 19.7. The summed E-state index contributed by atoms with van der Waals surface area (Å²) in [7, 11) is 0. The first-order valence-corrected chi connectivity index (χ1v) is 7.99. The molecule has 0 bridgehead atoms. The van der Waals surface area contributed by atoms with Gasteiger partial charge in [0.2, 0.25) is 0 Å². The fourth-order valence-electron chi connectivity index (χ4n) is 2.22. The summed E-state index contributed by atoms with van der Waals surface area (Å²) >= 11 is 11.7. The predicted octanol–water partition coefficient (Wildman–Crippen LogP) is 2.89. The molecule has 0 amide bonds. The van der Waals surface area contributed by atoms with Gasteiger partial charge in [-0.25, -0.2) is 0 Å². The molecule has 1 aromatic carbocycles. The van der Waals surface area contributed by atoms with E-state index in [9.17, 15) is 5.11 Å². The van der Waals surface area contributed by atoms with Crippen molar-refractivity contribution in [1.29, 1.82) is 0 Å². The lowest BCUT2D eigenvalue weighted by molar-refractivity contribution is 0.0942. The zero-order chi connectivity index (χ0) is 15.1. The molecule has 2 rings (SSSR count). The van der Waals surface area contributed by atoms with Gasteiger partial charge in [-0.05, 0) is 37.9 Å². The van der Waals surface area contributed by atoms with Crippen LogP contribution in [0.1, 0.15) is 19.3 Å². The van der Waals surface area contributed by atoms with E-state index in [1.807, 2.05) is 0 Å². The van der Waals surface area contributed by atoms with Crippen LogP contribution in [0.3, 0.4) is 0 Å². The Hall–Kier alpha value is -0.520. The van der Waals surface area contributed by atoms with Gasteiger partial charge in [0, 0.05) is 19.2 Å². The molecule has 1 saturated heterocycles. The minimum Gasteiger partial charge on any atom is -0.491 e. The maximum atomic E-state index is 9.85. The Morgan fingerprint density at radius 2 is 2.24 bits per heavy atom. The molecule has 0 aromatic heterocycles. The van der Waals surface area contributed by atoms with Crippen molar-refractivity contribution < 1.29 is 14.6 Å². The summed E-state index contributed by atoms with van der Waals surface area (Å²) in [6.07, 6.45) is 3.10. The third-order valence-electron chi connectivity index (χ3n) is 3.38. The molecule has 21 heavy (non-hydrogen) atoms. The Labute approximate surface area is 135 Å². The molecular formula is C15H21Cl2NO3. The van der Waals surface area contributed by atoms with Crippen molar-refractivity contribution in [2.45, 2.75) is 31.5 Å². The Bertz CT molecular complexity index is 439. The van der Waals surface area contributed by atoms with E-state index in [1.54, 1.807) is 18.2 Å². The Morgan fingerprint density at radius 1 is 1.38 bits per heavy atom. The van der Waals surface area contributed by atoms with E-state index >= 15 is 0 Å². The van der Waals surface area contributed by atoms with Crippen LogP contribution in [-0.4, -0.2) is 43.6 Å². The summed E-state index contributed by atoms with van der Waals surface area (Å²) in [5.74, 6) is 0.600. The highest BCUT2D eigenvalue weighted by molar-refractivity contribution is 6.42. The summed E-state index contributed by atoms with van der Waals surface area (Å²) in [6, 6.07) is 5.04. The quantitative estimate of drug-likeness (QED) is 0.718. The molecular weight excluding hydrogens is 313 g/mol. The number of aliphatic hydroxyl groups is 1. The molecule has 1 heterocycles. The van der Waals surface area contributed by atoms with Crippen molar-refractivity contribution in [3.05, 3.63) is 28.2 Å². The average Bonchev–Trinajstić information content (AvgIpc) is 2.98. The maximum absolute atomic E-state index is 9.85. The van der Waals surface area contributed by atoms with Gasteiger partial charge in [0.05, 0.1) is 16.1 Å². The fraction of sp³-hybridized carbons (Fsp3) is 0.600. The van der Waals surface area contributed by atoms with Crippen molar-refractivity contribution in [3.8, 4) is 5.75 Å². The van der Waals surface area contributed by atoms with E-state index in [2.05, 4.69) is 5.32 Å². The Morgan fingerprint density at radius 3 is 2.95 bits per heavy atom. The van der Waals surface area contributed by atoms with E-state index in [-0.39, 0.29) is 6.61 Å². The number of hydrogen-bond acceptors (Lipinski definition) is 4. The average molecular weight is 334 g/mol. The maximum Gasteiger partial charge on any atom is 0.121 e. The van der Waals surface area contributed by atoms with E-state index in [1.165, 1.54) is 0 Å². The summed E-state index contributed by atoms with van der Waals surface area (Å²) in [5.41, 5.74) is 0. The minimum absolute atomic E-state index is 0.213. The molecule has 118 valence electrons. The molecule has 1 aliphatic heterocycles. The zero-order valence-corrected chi connectivity index (χ0v) is 13.4. The number of rotatable bonds is 8. The monoisotopic (exact) mass is 333 g/mol. The largest absolute Gasteiger partial charge is 0.491 e. The highest BCUT2D eigenvalue weighted by atomic mass is 35.5. The molecule has 1 aromatic rings. The number of aliphatic hydroxyl groups excluding tert-OH is 1. The summed E-state index contributed by atoms with van der Waals surface area (Å²) < 4.78 is 11.0. The van der Waals surface area contributed by atoms with Crippen LogP contribution in [0.4, 0.5) is 0 Å². The molecule has 6 heteroatoms. The van der Waals surface area contributed by atoms with Gasteiger partial charge < -0.3 is 19.9 Å². The van der Waals surface area contributed by atoms with Crippen LogP contribution in [0.2, 0.25) is 10.0 Å². The lowest BCUT2D eigenvalue weighted by Gasteiger charge is -2.14. The van der Waals surface area contributed by atoms with Crippen molar-refractivity contribution in [3.63, 3.8) is 0 Å². The van der Waals surface area contributed by atoms with Gasteiger partial charge in [-0.1, -0.05) is 23.2 Å². The number of benzene rings is 1. The van der Waals surface area contributed by atoms with Gasteiger partial charge in [-0.3, -0.25) is 0 Å². The SMILES string of the molecule is OC(CNCCC1CCCO1)COc1ccc(Cl)c(Cl)c1. The van der Waals surface area contributed by atoms with E-state index in [0.717, 1.165) is 32.4 Å². The van der Waals surface area contributed by atoms with Crippen LogP contribution in [0, 0.1) is 0 Å². The zero-order valence-electron chi connectivity index (χ0n) is 11.9. The lowest BCUT2D eigenvalue weighted by atomic mass is 10.2. The number of halogens is 2. The van der Waals surface area contributed by atoms with Crippen LogP contribution in [0.25, 0.3) is 0 Å². The molecule has 0 radical (unpaired) electrons. The molecule has 1 aliphatic rings. The van der Waals surface area contributed by atoms with Crippen molar-refractivity contribution in [2.75, 3.05) is 26.3 Å². The van der Waals surface area contributed by atoms with Crippen molar-refractivity contribution in [2.24, 2.45) is 0 Å². The van der Waals surface area contributed by atoms with Gasteiger partial charge in [-0.15, -0.1) is 0 Å². The molecule has 1 fully saturated rings. The standard InChI is InChI=1S/C15H21Cl2NO3/c16-14-4-3-13(8-15(14)17)21-10-11(19)9-18-6-5-12-2-1-7-20-12/h3-4,8,11-12,18-19H,1-2,5-7,9-10H2. The van der Waals surface area contributed by atoms with Crippen molar-refractivity contribution >= 4 is 23.2 Å². The Balaban J connectivity index is 1.58. The number of nitrogens with one attached hydrogen (secondary N) is 1. The summed E-state index contributed by atoms with van der Waals surface area (Å²) in [5, 5.41) is 14.0. The first kappa shape index (κ1) is 16.8. The summed E-state index contributed by atoms with van der Waals surface area (Å²) in [4.78, 5) is 0. The fourth-order valence-corrected chi connectivity index (χ4v) is 2.51. The molecule has 2 atom stereocenters. The first-order chi connectivity index (χ1) is 10.1. The third-order valence-corrected chi connectivity index (χ3v) is 4.12. The van der Waals surface area contributed by atoms with Gasteiger partial charge >= 0.3 is 0 Å². The second kappa shape index (κ2) is 8.81. The lowest BCUT2D eigenvalue weighted by Crippen LogP contribution is -2.33. The van der Waals surface area contributed by atoms with Crippen LogP contribution in [0.5, 0.6) is 5.75 Å². The predicted molar refractivity (Wildman–Crippen MR) is 84.4 cm³/mol. The second-order valence-corrected chi connectivity index (χ2v) is 5.98. The summed E-state index contributed by atoms with van der Waals surface area (Å²) in [6.45, 7) is 2.43. The van der Waals surface area contributed by atoms with Crippen LogP contribution in [0.15, 0.2) is 18.2 Å². The number of hydrogen-bond donors (Lipinski definition) is 2. The third kappa shape index (κ3) is 6.01. The van der Waals surface area contributed by atoms with E-state index in [4.69, 9.17) is 32.7 Å². The van der Waals surface area contributed by atoms with E-state index < -0.39 is 6.10 Å². The van der Waals surface area contributed by atoms with Gasteiger partial charge in [-0.2, -0.15) is 0 Å². The molecule has 0 saturated carbocycles. The highest BCUT2D eigenvalue weighted by Gasteiger charge is 2.14. The molecule has 0 spiro atoms. The second-order valence-electron chi connectivity index (χ2n) is 5.17. The van der Waals surface area contributed by atoms with Crippen LogP contribution in [-0.2, 0) is 4.74 Å². The molecule has 2 N–H and O–H groups in total. The smallest absolute Gasteiger partial charge is 0.121 e. The first-order valence-electron chi connectivity index (χ1n) is 7.23. The van der Waals surface area contributed by atoms with Gasteiger partial charge in [0.1, 0.15) is 18.5 Å². The molecule has 4 nitrogen and oxygen atoms in total. The van der Waals surface area contributed by atoms with Crippen LogP contribution >= 0.6 is 23.2 Å². The number of ether oxygens (including phenoxy) is 2. The Kier molecular flexibility index (Phi) is 7.07. The topological polar surface area (TPSA) is 50.7 Å². The van der Waals surface area contributed by atoms with Crippen LogP contribution < -0.4 is 10.1 Å². The van der Waals surface area contributed by atoms with Gasteiger partial charge in [0.25, 0.3) is 0 Å². The van der Waals surface area contributed by atoms with Crippen molar-refractivity contribution in [1.82, 2.24) is 5.32 Å². The van der Waals surface area contributed by atoms with Gasteiger partial charge in [0.15, 0.2) is 0 Å². The highest BCUT2D eigenvalue weighted by Crippen LogP contribution is 2.26. The molecule has 0 aliphatic carbocycles. The minimum atomic E-state index is -0.566. The van der Waals surface area contributed by atoms with E-state index in [0.29, 0.717) is 28.4 Å². The molecule has 2 unspecified atom stereocenters.